The van der Waals surface area contributed by atoms with Gasteiger partial charge in [-0.15, -0.1) is 0 Å². The summed E-state index contributed by atoms with van der Waals surface area (Å²) in [6, 6.07) is 9.59. The zero-order chi connectivity index (χ0) is 27.1. The minimum absolute atomic E-state index is 0.0427. The van der Waals surface area contributed by atoms with E-state index in [2.05, 4.69) is 10.4 Å². The predicted octanol–water partition coefficient (Wildman–Crippen LogP) is 5.58. The average molecular weight is 553 g/mol. The highest BCUT2D eigenvalue weighted by atomic mass is 35.5. The van der Waals surface area contributed by atoms with Crippen molar-refractivity contribution in [1.82, 2.24) is 9.78 Å². The molecule has 1 saturated carbocycles. The van der Waals surface area contributed by atoms with Gasteiger partial charge in [0.1, 0.15) is 16.5 Å². The van der Waals surface area contributed by atoms with Crippen LogP contribution in [0.4, 0.5) is 23.2 Å². The van der Waals surface area contributed by atoms with Crippen LogP contribution in [-0.2, 0) is 16.5 Å². The Morgan fingerprint density at radius 2 is 1.89 bits per heavy atom. The Kier molecular flexibility index (Phi) is 6.87. The first-order valence-corrected chi connectivity index (χ1v) is 12.4. The van der Waals surface area contributed by atoms with Crippen molar-refractivity contribution in [3.63, 3.8) is 0 Å². The highest BCUT2D eigenvalue weighted by Gasteiger charge is 2.43. The molecular formula is C26H25ClF4N4O3. The van der Waals surface area contributed by atoms with Crippen LogP contribution in [0.1, 0.15) is 36.8 Å². The largest absolute Gasteiger partial charge is 0.457 e. The molecule has 3 N–H and O–H groups in total. The Labute approximate surface area is 220 Å². The van der Waals surface area contributed by atoms with Crippen LogP contribution >= 0.6 is 11.6 Å². The lowest BCUT2D eigenvalue weighted by molar-refractivity contribution is -0.138. The summed E-state index contributed by atoms with van der Waals surface area (Å²) in [7, 11) is 0. The van der Waals surface area contributed by atoms with Crippen LogP contribution < -0.4 is 21.3 Å². The van der Waals surface area contributed by atoms with Crippen LogP contribution in [0.25, 0.3) is 5.69 Å². The number of nitrogens with two attached hydrogens (primary N) is 1. The van der Waals surface area contributed by atoms with Gasteiger partial charge in [-0.2, -0.15) is 23.0 Å². The van der Waals surface area contributed by atoms with Gasteiger partial charge in [-0.3, -0.25) is 4.79 Å². The zero-order valence-corrected chi connectivity index (χ0v) is 20.9. The monoisotopic (exact) mass is 552 g/mol. The molecule has 3 aromatic rings. The fourth-order valence-corrected chi connectivity index (χ4v) is 4.50. The van der Waals surface area contributed by atoms with E-state index in [9.17, 15) is 22.4 Å². The van der Waals surface area contributed by atoms with Gasteiger partial charge in [-0.1, -0.05) is 17.7 Å². The van der Waals surface area contributed by atoms with Gasteiger partial charge in [0.25, 0.3) is 5.56 Å². The quantitative estimate of drug-likeness (QED) is 0.372. The summed E-state index contributed by atoms with van der Waals surface area (Å²) < 4.78 is 67.7. The number of nitrogens with zero attached hydrogens (tertiary/aromatic N) is 2. The second kappa shape index (κ2) is 9.87. The van der Waals surface area contributed by atoms with Crippen LogP contribution in [0.3, 0.4) is 0 Å². The minimum Gasteiger partial charge on any atom is -0.457 e. The lowest BCUT2D eigenvalue weighted by Gasteiger charge is -2.29. The van der Waals surface area contributed by atoms with Crippen LogP contribution in [0.2, 0.25) is 5.02 Å². The Balaban J connectivity index is 1.32. The maximum absolute atomic E-state index is 14.8. The van der Waals surface area contributed by atoms with E-state index < -0.39 is 28.5 Å². The van der Waals surface area contributed by atoms with Gasteiger partial charge in [0, 0.05) is 12.1 Å². The SMILES string of the molecule is NC1(c2ccc(Oc3ccc(-n4ncc(NC[C@@]5(F)CCCOC5)c(Cl)c4=O)cc3)c(C(F)(F)F)c2)CC1. The molecule has 1 saturated heterocycles. The molecule has 1 aliphatic heterocycles. The summed E-state index contributed by atoms with van der Waals surface area (Å²) in [6.45, 7) is 0.383. The maximum atomic E-state index is 14.8. The molecule has 0 amide bonds. The molecule has 12 heteroatoms. The van der Waals surface area contributed by atoms with E-state index in [1.807, 2.05) is 0 Å². The Morgan fingerprint density at radius 1 is 1.16 bits per heavy atom. The van der Waals surface area contributed by atoms with Crippen molar-refractivity contribution >= 4 is 17.3 Å². The number of anilines is 1. The van der Waals surface area contributed by atoms with Crippen LogP contribution in [0.15, 0.2) is 53.5 Å². The van der Waals surface area contributed by atoms with Gasteiger partial charge in [-0.05, 0) is 67.6 Å². The number of hydrogen-bond acceptors (Lipinski definition) is 6. The van der Waals surface area contributed by atoms with Gasteiger partial charge >= 0.3 is 6.18 Å². The molecule has 1 aromatic heterocycles. The number of benzene rings is 2. The molecule has 0 unspecified atom stereocenters. The first-order chi connectivity index (χ1) is 18.0. The highest BCUT2D eigenvalue weighted by molar-refractivity contribution is 6.32. The van der Waals surface area contributed by atoms with Crippen molar-refractivity contribution in [2.75, 3.05) is 25.1 Å². The topological polar surface area (TPSA) is 91.4 Å². The first kappa shape index (κ1) is 26.5. The van der Waals surface area contributed by atoms with Crippen molar-refractivity contribution in [3.05, 3.63) is 75.2 Å². The van der Waals surface area contributed by atoms with E-state index in [4.69, 9.17) is 26.8 Å². The van der Waals surface area contributed by atoms with Gasteiger partial charge in [-0.25, -0.2) is 4.39 Å². The number of halogens is 5. The normalized spacial score (nSPS) is 20.7. The molecule has 2 fully saturated rings. The summed E-state index contributed by atoms with van der Waals surface area (Å²) in [5.74, 6) is -0.234. The van der Waals surface area contributed by atoms with Crippen LogP contribution in [0.5, 0.6) is 11.5 Å². The molecule has 0 bridgehead atoms. The molecule has 5 rings (SSSR count). The van der Waals surface area contributed by atoms with E-state index in [0.717, 1.165) is 10.7 Å². The Bertz CT molecular complexity index is 1380. The number of hydrogen-bond donors (Lipinski definition) is 2. The average Bonchev–Trinajstić information content (AvgIpc) is 3.64. The molecule has 2 aromatic carbocycles. The van der Waals surface area contributed by atoms with E-state index >= 15 is 0 Å². The van der Waals surface area contributed by atoms with Gasteiger partial charge < -0.3 is 20.5 Å². The van der Waals surface area contributed by atoms with E-state index in [1.165, 1.54) is 36.5 Å². The van der Waals surface area contributed by atoms with Gasteiger partial charge in [0.15, 0.2) is 5.67 Å². The van der Waals surface area contributed by atoms with Crippen molar-refractivity contribution in [3.8, 4) is 17.2 Å². The number of aromatic nitrogens is 2. The first-order valence-electron chi connectivity index (χ1n) is 12.0. The third kappa shape index (κ3) is 5.50. The molecule has 0 spiro atoms. The van der Waals surface area contributed by atoms with Crippen molar-refractivity contribution in [1.29, 1.82) is 0 Å². The Hall–Kier alpha value is -3.15. The number of alkyl halides is 4. The molecule has 2 aliphatic rings. The molecule has 202 valence electrons. The maximum Gasteiger partial charge on any atom is 0.419 e. The molecule has 7 nitrogen and oxygen atoms in total. The lowest BCUT2D eigenvalue weighted by Crippen LogP contribution is -2.40. The predicted molar refractivity (Wildman–Crippen MR) is 134 cm³/mol. The van der Waals surface area contributed by atoms with Crippen LogP contribution in [-0.4, -0.2) is 35.2 Å². The van der Waals surface area contributed by atoms with Crippen molar-refractivity contribution in [2.45, 2.75) is 43.1 Å². The summed E-state index contributed by atoms with van der Waals surface area (Å²) >= 11 is 6.23. The zero-order valence-electron chi connectivity index (χ0n) is 20.2. The minimum atomic E-state index is -4.63. The standard InChI is InChI=1S/C26H25ClF4N4O3/c27-22-20(33-14-24(28)8-1-11-37-15-24)13-34-35(23(22)36)17-3-5-18(6-4-17)38-21-7-2-16(25(32)9-10-25)12-19(21)26(29,30)31/h2-7,12-13,33H,1,8-11,14-15,32H2/t24-/m0/s1. The molecule has 38 heavy (non-hydrogen) atoms. The van der Waals surface area contributed by atoms with Gasteiger partial charge in [0.05, 0.1) is 36.3 Å². The molecule has 1 aliphatic carbocycles. The van der Waals surface area contributed by atoms with Crippen molar-refractivity contribution < 1.29 is 27.0 Å². The number of ether oxygens (including phenoxy) is 2. The summed E-state index contributed by atoms with van der Waals surface area (Å²) in [4.78, 5) is 12.8. The number of rotatable bonds is 7. The smallest absolute Gasteiger partial charge is 0.419 e. The van der Waals surface area contributed by atoms with E-state index in [1.54, 1.807) is 6.07 Å². The molecular weight excluding hydrogens is 528 g/mol. The third-order valence-corrected chi connectivity index (χ3v) is 7.11. The van der Waals surface area contributed by atoms with Crippen LogP contribution in [0, 0.1) is 0 Å². The van der Waals surface area contributed by atoms with E-state index in [-0.39, 0.29) is 35.4 Å². The third-order valence-electron chi connectivity index (χ3n) is 6.75. The molecule has 2 heterocycles. The second-order valence-electron chi connectivity index (χ2n) is 9.71. The summed E-state index contributed by atoms with van der Waals surface area (Å²) in [5.41, 5.74) is 3.13. The summed E-state index contributed by atoms with van der Waals surface area (Å²) in [6.07, 6.45) is -1.13. The fraction of sp³-hybridized carbons (Fsp3) is 0.385. The van der Waals surface area contributed by atoms with Crippen molar-refractivity contribution in [2.24, 2.45) is 5.73 Å². The molecule has 1 atom stereocenters. The fourth-order valence-electron chi connectivity index (χ4n) is 4.31. The second-order valence-corrected chi connectivity index (χ2v) is 10.1. The highest BCUT2D eigenvalue weighted by Crippen LogP contribution is 2.46. The summed E-state index contributed by atoms with van der Waals surface area (Å²) in [5, 5.41) is 6.75. The van der Waals surface area contributed by atoms with E-state index in [0.29, 0.717) is 43.5 Å². The lowest BCUT2D eigenvalue weighted by atomic mass is 9.99. The van der Waals surface area contributed by atoms with Gasteiger partial charge in [0.2, 0.25) is 0 Å². The number of nitrogens with one attached hydrogen (secondary N) is 1. The Morgan fingerprint density at radius 3 is 2.53 bits per heavy atom. The molecule has 0 radical (unpaired) electrons.